The standard InChI is InChI=1S/C13H13Cl2NO4/c1-8(17)6-16-12(18)13(14,15)5-9-2-3-10-11(4-9)20-7-19-10/h2-4H,5-7H2,1H3,(H,16,18). The molecular weight excluding hydrogens is 305 g/mol. The Hall–Kier alpha value is -1.46. The normalized spacial score (nSPS) is 13.2. The van der Waals surface area contributed by atoms with Crippen LogP contribution in [0.1, 0.15) is 12.5 Å². The van der Waals surface area contributed by atoms with Crippen molar-refractivity contribution >= 4 is 34.9 Å². The highest BCUT2D eigenvalue weighted by molar-refractivity contribution is 6.58. The molecule has 1 heterocycles. The quantitative estimate of drug-likeness (QED) is 0.842. The molecule has 0 aliphatic carbocycles. The number of ketones is 1. The molecule has 7 heteroatoms. The number of benzene rings is 1. The third kappa shape index (κ3) is 3.55. The van der Waals surface area contributed by atoms with Crippen LogP contribution in [0.4, 0.5) is 0 Å². The van der Waals surface area contributed by atoms with Gasteiger partial charge in [0.1, 0.15) is 5.78 Å². The van der Waals surface area contributed by atoms with Crippen molar-refractivity contribution in [2.24, 2.45) is 0 Å². The van der Waals surface area contributed by atoms with Gasteiger partial charge in [-0.1, -0.05) is 29.3 Å². The van der Waals surface area contributed by atoms with Gasteiger partial charge >= 0.3 is 0 Å². The Morgan fingerprint density at radius 3 is 2.70 bits per heavy atom. The number of carbonyl (C=O) groups is 2. The van der Waals surface area contributed by atoms with Crippen molar-refractivity contribution in [2.75, 3.05) is 13.3 Å². The molecule has 1 aliphatic rings. The van der Waals surface area contributed by atoms with Gasteiger partial charge in [0.15, 0.2) is 15.8 Å². The Morgan fingerprint density at radius 1 is 1.30 bits per heavy atom. The number of rotatable bonds is 5. The molecule has 1 aromatic rings. The number of fused-ring (bicyclic) bond motifs is 1. The maximum absolute atomic E-state index is 11.8. The number of alkyl halides is 2. The summed E-state index contributed by atoms with van der Waals surface area (Å²) in [6.07, 6.45) is 0.0937. The van der Waals surface area contributed by atoms with E-state index >= 15 is 0 Å². The van der Waals surface area contributed by atoms with Crippen molar-refractivity contribution in [1.29, 1.82) is 0 Å². The molecule has 1 N–H and O–H groups in total. The van der Waals surface area contributed by atoms with Gasteiger partial charge in [0.25, 0.3) is 5.91 Å². The van der Waals surface area contributed by atoms with Crippen LogP contribution in [0.2, 0.25) is 0 Å². The fourth-order valence-electron chi connectivity index (χ4n) is 1.72. The molecule has 0 atom stereocenters. The third-order valence-corrected chi connectivity index (χ3v) is 3.30. The Balaban J connectivity index is 2.03. The third-order valence-electron chi connectivity index (χ3n) is 2.69. The molecule has 108 valence electrons. The summed E-state index contributed by atoms with van der Waals surface area (Å²) in [7, 11) is 0. The van der Waals surface area contributed by atoms with E-state index in [1.807, 2.05) is 0 Å². The predicted octanol–water partition coefficient (Wildman–Crippen LogP) is 1.84. The van der Waals surface area contributed by atoms with Crippen molar-refractivity contribution in [3.8, 4) is 11.5 Å². The molecule has 0 saturated heterocycles. The molecule has 2 rings (SSSR count). The molecule has 1 amide bonds. The number of Topliss-reactive ketones (excluding diaryl/α,β-unsaturated/α-hetero) is 1. The van der Waals surface area contributed by atoms with Gasteiger partial charge < -0.3 is 14.8 Å². The first kappa shape index (κ1) is 14.9. The predicted molar refractivity (Wildman–Crippen MR) is 74.4 cm³/mol. The summed E-state index contributed by atoms with van der Waals surface area (Å²) in [5.74, 6) is 0.458. The molecule has 0 bridgehead atoms. The van der Waals surface area contributed by atoms with Crippen LogP contribution >= 0.6 is 23.2 Å². The smallest absolute Gasteiger partial charge is 0.257 e. The largest absolute Gasteiger partial charge is 0.454 e. The molecule has 0 unspecified atom stereocenters. The SMILES string of the molecule is CC(=O)CNC(=O)C(Cl)(Cl)Cc1ccc2c(c1)OCO2. The fraction of sp³-hybridized carbons (Fsp3) is 0.385. The van der Waals surface area contributed by atoms with Crippen LogP contribution in [0.3, 0.4) is 0 Å². The van der Waals surface area contributed by atoms with Gasteiger partial charge in [-0.05, 0) is 24.6 Å². The van der Waals surface area contributed by atoms with Crippen LogP contribution in [-0.4, -0.2) is 29.4 Å². The number of hydrogen-bond acceptors (Lipinski definition) is 4. The number of halogens is 2. The van der Waals surface area contributed by atoms with Gasteiger partial charge in [-0.15, -0.1) is 0 Å². The minimum absolute atomic E-state index is 0.0937. The molecule has 0 fully saturated rings. The zero-order valence-corrected chi connectivity index (χ0v) is 12.3. The Morgan fingerprint density at radius 2 is 2.00 bits per heavy atom. The topological polar surface area (TPSA) is 64.6 Å². The Labute approximate surface area is 126 Å². The van der Waals surface area contributed by atoms with Crippen LogP contribution in [0.25, 0.3) is 0 Å². The van der Waals surface area contributed by atoms with Crippen LogP contribution in [0.15, 0.2) is 18.2 Å². The molecule has 0 saturated carbocycles. The van der Waals surface area contributed by atoms with E-state index in [1.54, 1.807) is 18.2 Å². The summed E-state index contributed by atoms with van der Waals surface area (Å²) < 4.78 is 8.78. The minimum Gasteiger partial charge on any atom is -0.454 e. The summed E-state index contributed by atoms with van der Waals surface area (Å²) in [6.45, 7) is 1.44. The summed E-state index contributed by atoms with van der Waals surface area (Å²) in [4.78, 5) is 22.7. The number of ether oxygens (including phenoxy) is 2. The van der Waals surface area contributed by atoms with E-state index in [4.69, 9.17) is 32.7 Å². The average Bonchev–Trinajstić information content (AvgIpc) is 2.82. The summed E-state index contributed by atoms with van der Waals surface area (Å²) in [5, 5.41) is 2.39. The van der Waals surface area contributed by atoms with E-state index < -0.39 is 10.2 Å². The first-order valence-electron chi connectivity index (χ1n) is 5.92. The number of carbonyl (C=O) groups excluding carboxylic acids is 2. The number of nitrogens with one attached hydrogen (secondary N) is 1. The highest BCUT2D eigenvalue weighted by Crippen LogP contribution is 2.35. The first-order chi connectivity index (χ1) is 9.38. The number of amides is 1. The maximum atomic E-state index is 11.8. The van der Waals surface area contributed by atoms with Gasteiger partial charge in [-0.3, -0.25) is 9.59 Å². The Bertz CT molecular complexity index is 545. The molecule has 0 aromatic heterocycles. The lowest BCUT2D eigenvalue weighted by Gasteiger charge is -2.18. The van der Waals surface area contributed by atoms with E-state index in [-0.39, 0.29) is 25.5 Å². The molecular formula is C13H13Cl2NO4. The second-order valence-electron chi connectivity index (χ2n) is 4.45. The highest BCUT2D eigenvalue weighted by Gasteiger charge is 2.34. The van der Waals surface area contributed by atoms with Crippen molar-refractivity contribution in [2.45, 2.75) is 17.7 Å². The molecule has 0 spiro atoms. The molecule has 20 heavy (non-hydrogen) atoms. The lowest BCUT2D eigenvalue weighted by Crippen LogP contribution is -2.41. The zero-order chi connectivity index (χ0) is 14.8. The summed E-state index contributed by atoms with van der Waals surface area (Å²) in [6, 6.07) is 5.21. The van der Waals surface area contributed by atoms with Crippen LogP contribution in [-0.2, 0) is 16.0 Å². The van der Waals surface area contributed by atoms with Crippen molar-refractivity contribution in [1.82, 2.24) is 5.32 Å². The number of hydrogen-bond donors (Lipinski definition) is 1. The van der Waals surface area contributed by atoms with E-state index in [2.05, 4.69) is 5.32 Å². The average molecular weight is 318 g/mol. The van der Waals surface area contributed by atoms with E-state index in [0.717, 1.165) is 5.56 Å². The zero-order valence-electron chi connectivity index (χ0n) is 10.7. The van der Waals surface area contributed by atoms with Crippen molar-refractivity contribution in [3.05, 3.63) is 23.8 Å². The summed E-state index contributed by atoms with van der Waals surface area (Å²) >= 11 is 12.1. The van der Waals surface area contributed by atoms with Crippen LogP contribution in [0.5, 0.6) is 11.5 Å². The molecule has 5 nitrogen and oxygen atoms in total. The first-order valence-corrected chi connectivity index (χ1v) is 6.68. The maximum Gasteiger partial charge on any atom is 0.257 e. The van der Waals surface area contributed by atoms with Gasteiger partial charge in [-0.2, -0.15) is 0 Å². The lowest BCUT2D eigenvalue weighted by molar-refractivity contribution is -0.124. The van der Waals surface area contributed by atoms with Gasteiger partial charge in [0.05, 0.1) is 6.54 Å². The van der Waals surface area contributed by atoms with Crippen LogP contribution in [0, 0.1) is 0 Å². The minimum atomic E-state index is -1.65. The summed E-state index contributed by atoms with van der Waals surface area (Å²) in [5.41, 5.74) is 0.734. The van der Waals surface area contributed by atoms with E-state index in [0.29, 0.717) is 11.5 Å². The van der Waals surface area contributed by atoms with Gasteiger partial charge in [0.2, 0.25) is 6.79 Å². The highest BCUT2D eigenvalue weighted by atomic mass is 35.5. The van der Waals surface area contributed by atoms with Gasteiger partial charge in [-0.25, -0.2) is 0 Å². The van der Waals surface area contributed by atoms with E-state index in [1.165, 1.54) is 6.92 Å². The van der Waals surface area contributed by atoms with Crippen molar-refractivity contribution in [3.63, 3.8) is 0 Å². The lowest BCUT2D eigenvalue weighted by atomic mass is 10.1. The van der Waals surface area contributed by atoms with Gasteiger partial charge in [0, 0.05) is 6.42 Å². The molecule has 1 aromatic carbocycles. The van der Waals surface area contributed by atoms with Crippen LogP contribution < -0.4 is 14.8 Å². The Kier molecular flexibility index (Phi) is 4.40. The van der Waals surface area contributed by atoms with E-state index in [9.17, 15) is 9.59 Å². The molecule has 1 aliphatic heterocycles. The monoisotopic (exact) mass is 317 g/mol. The second-order valence-corrected chi connectivity index (χ2v) is 5.94. The second kappa shape index (κ2) is 5.89. The van der Waals surface area contributed by atoms with Crippen molar-refractivity contribution < 1.29 is 19.1 Å². The fourth-order valence-corrected chi connectivity index (χ4v) is 2.16. The molecule has 0 radical (unpaired) electrons.